The van der Waals surface area contributed by atoms with E-state index in [1.165, 1.54) is 11.1 Å². The van der Waals surface area contributed by atoms with E-state index in [0.29, 0.717) is 12.0 Å². The molecule has 1 aromatic heterocycles. The zero-order chi connectivity index (χ0) is 13.9. The number of hydrogen-bond acceptors (Lipinski definition) is 3. The summed E-state index contributed by atoms with van der Waals surface area (Å²) < 4.78 is 13.2. The van der Waals surface area contributed by atoms with Gasteiger partial charge in [-0.25, -0.2) is 9.37 Å². The number of halogens is 1. The Morgan fingerprint density at radius 3 is 2.95 bits per heavy atom. The Labute approximate surface area is 123 Å². The molecule has 1 aromatic carbocycles. The van der Waals surface area contributed by atoms with Crippen LogP contribution in [0.3, 0.4) is 0 Å². The van der Waals surface area contributed by atoms with Crippen LogP contribution >= 0.6 is 11.3 Å². The summed E-state index contributed by atoms with van der Waals surface area (Å²) in [6.45, 7) is 3.01. The fourth-order valence-electron chi connectivity index (χ4n) is 2.72. The SMILES string of the molecule is Cc1csc(CCNC2CC(c3cccc(F)c3)C2)n1. The molecule has 1 saturated carbocycles. The Bertz CT molecular complexity index is 575. The monoisotopic (exact) mass is 290 g/mol. The van der Waals surface area contributed by atoms with Gasteiger partial charge in [0.1, 0.15) is 5.82 Å². The van der Waals surface area contributed by atoms with Gasteiger partial charge in [0.05, 0.1) is 5.01 Å². The predicted molar refractivity (Wildman–Crippen MR) is 80.7 cm³/mol. The fraction of sp³-hybridized carbons (Fsp3) is 0.438. The molecule has 2 nitrogen and oxygen atoms in total. The minimum atomic E-state index is -0.127. The van der Waals surface area contributed by atoms with Crippen LogP contribution in [0, 0.1) is 12.7 Å². The maximum Gasteiger partial charge on any atom is 0.123 e. The first-order valence-corrected chi connectivity index (χ1v) is 7.98. The largest absolute Gasteiger partial charge is 0.314 e. The molecule has 0 unspecified atom stereocenters. The first kappa shape index (κ1) is 13.7. The van der Waals surface area contributed by atoms with Crippen molar-refractivity contribution in [2.75, 3.05) is 6.54 Å². The number of nitrogens with one attached hydrogen (secondary N) is 1. The van der Waals surface area contributed by atoms with Gasteiger partial charge in [-0.1, -0.05) is 12.1 Å². The Morgan fingerprint density at radius 1 is 1.40 bits per heavy atom. The Kier molecular flexibility index (Phi) is 4.13. The molecule has 1 N–H and O–H groups in total. The van der Waals surface area contributed by atoms with Crippen molar-refractivity contribution in [1.82, 2.24) is 10.3 Å². The highest BCUT2D eigenvalue weighted by molar-refractivity contribution is 7.09. The van der Waals surface area contributed by atoms with Crippen LogP contribution in [0.1, 0.15) is 35.0 Å². The highest BCUT2D eigenvalue weighted by Gasteiger charge is 2.29. The van der Waals surface area contributed by atoms with Crippen LogP contribution in [0.4, 0.5) is 4.39 Å². The van der Waals surface area contributed by atoms with E-state index in [-0.39, 0.29) is 5.82 Å². The Balaban J connectivity index is 1.40. The van der Waals surface area contributed by atoms with Crippen LogP contribution in [0.25, 0.3) is 0 Å². The van der Waals surface area contributed by atoms with Gasteiger partial charge in [-0.2, -0.15) is 0 Å². The summed E-state index contributed by atoms with van der Waals surface area (Å²) in [5.74, 6) is 0.392. The van der Waals surface area contributed by atoms with E-state index in [2.05, 4.69) is 15.7 Å². The molecule has 20 heavy (non-hydrogen) atoms. The second-order valence-corrected chi connectivity index (χ2v) is 6.45. The quantitative estimate of drug-likeness (QED) is 0.909. The predicted octanol–water partition coefficient (Wildman–Crippen LogP) is 3.67. The molecular weight excluding hydrogens is 271 g/mol. The summed E-state index contributed by atoms with van der Waals surface area (Å²) in [4.78, 5) is 4.46. The van der Waals surface area contributed by atoms with Gasteiger partial charge in [0.15, 0.2) is 0 Å². The van der Waals surface area contributed by atoms with E-state index < -0.39 is 0 Å². The standard InChI is InChI=1S/C16H19FN2S/c1-11-10-20-16(19-11)5-6-18-15-8-13(9-15)12-3-2-4-14(17)7-12/h2-4,7,10,13,15,18H,5-6,8-9H2,1H3. The maximum absolute atomic E-state index is 13.2. The maximum atomic E-state index is 13.2. The number of nitrogens with zero attached hydrogens (tertiary/aromatic N) is 1. The lowest BCUT2D eigenvalue weighted by atomic mass is 9.76. The summed E-state index contributed by atoms with van der Waals surface area (Å²) in [6, 6.07) is 7.58. The molecule has 4 heteroatoms. The van der Waals surface area contributed by atoms with Gasteiger partial charge in [-0.3, -0.25) is 0 Å². The number of benzene rings is 1. The average Bonchev–Trinajstić information content (AvgIpc) is 2.78. The van der Waals surface area contributed by atoms with Crippen LogP contribution in [0.15, 0.2) is 29.6 Å². The molecule has 1 aliphatic carbocycles. The molecule has 0 spiro atoms. The number of aryl methyl sites for hydroxylation is 1. The third-order valence-corrected chi connectivity index (χ3v) is 4.92. The molecule has 0 amide bonds. The molecule has 2 aromatic rings. The summed E-state index contributed by atoms with van der Waals surface area (Å²) in [5.41, 5.74) is 2.25. The van der Waals surface area contributed by atoms with E-state index in [0.717, 1.165) is 37.1 Å². The number of rotatable bonds is 5. The normalized spacial score (nSPS) is 21.7. The van der Waals surface area contributed by atoms with Crippen LogP contribution in [-0.2, 0) is 6.42 Å². The van der Waals surface area contributed by atoms with Crippen molar-refractivity contribution in [1.29, 1.82) is 0 Å². The van der Waals surface area contributed by atoms with Crippen molar-refractivity contribution < 1.29 is 4.39 Å². The summed E-state index contributed by atoms with van der Waals surface area (Å²) in [6.07, 6.45) is 3.22. The van der Waals surface area contributed by atoms with Gasteiger partial charge in [0.2, 0.25) is 0 Å². The van der Waals surface area contributed by atoms with Crippen molar-refractivity contribution in [3.05, 3.63) is 51.7 Å². The van der Waals surface area contributed by atoms with E-state index in [1.54, 1.807) is 23.5 Å². The van der Waals surface area contributed by atoms with E-state index in [4.69, 9.17) is 0 Å². The molecule has 0 saturated heterocycles. The van der Waals surface area contributed by atoms with Crippen LogP contribution < -0.4 is 5.32 Å². The second-order valence-electron chi connectivity index (χ2n) is 5.51. The van der Waals surface area contributed by atoms with E-state index in [1.807, 2.05) is 13.0 Å². The van der Waals surface area contributed by atoms with E-state index >= 15 is 0 Å². The molecule has 3 rings (SSSR count). The first-order valence-electron chi connectivity index (χ1n) is 7.10. The second kappa shape index (κ2) is 6.02. The van der Waals surface area contributed by atoms with Gasteiger partial charge < -0.3 is 5.32 Å². The van der Waals surface area contributed by atoms with Crippen LogP contribution in [0.2, 0.25) is 0 Å². The zero-order valence-corrected chi connectivity index (χ0v) is 12.4. The molecule has 1 aliphatic rings. The average molecular weight is 290 g/mol. The molecule has 0 radical (unpaired) electrons. The van der Waals surface area contributed by atoms with Crippen molar-refractivity contribution in [2.24, 2.45) is 0 Å². The number of thiazole rings is 1. The Morgan fingerprint density at radius 2 is 2.25 bits per heavy atom. The van der Waals surface area contributed by atoms with Gasteiger partial charge >= 0.3 is 0 Å². The number of hydrogen-bond donors (Lipinski definition) is 1. The zero-order valence-electron chi connectivity index (χ0n) is 11.6. The molecule has 1 heterocycles. The van der Waals surface area contributed by atoms with Gasteiger partial charge in [-0.15, -0.1) is 11.3 Å². The van der Waals surface area contributed by atoms with Crippen molar-refractivity contribution in [3.63, 3.8) is 0 Å². The van der Waals surface area contributed by atoms with Crippen molar-refractivity contribution in [2.45, 2.75) is 38.1 Å². The molecule has 0 bridgehead atoms. The Hall–Kier alpha value is -1.26. The van der Waals surface area contributed by atoms with E-state index in [9.17, 15) is 4.39 Å². The van der Waals surface area contributed by atoms with Gasteiger partial charge in [-0.05, 0) is 43.4 Å². The lowest BCUT2D eigenvalue weighted by molar-refractivity contribution is 0.292. The first-order chi connectivity index (χ1) is 9.70. The highest BCUT2D eigenvalue weighted by Crippen LogP contribution is 2.36. The lowest BCUT2D eigenvalue weighted by Crippen LogP contribution is -2.40. The third kappa shape index (κ3) is 3.25. The van der Waals surface area contributed by atoms with Crippen LogP contribution in [-0.4, -0.2) is 17.6 Å². The topological polar surface area (TPSA) is 24.9 Å². The summed E-state index contributed by atoms with van der Waals surface area (Å²) in [7, 11) is 0. The lowest BCUT2D eigenvalue weighted by Gasteiger charge is -2.36. The molecule has 106 valence electrons. The molecule has 1 fully saturated rings. The minimum absolute atomic E-state index is 0.127. The van der Waals surface area contributed by atoms with Crippen molar-refractivity contribution in [3.8, 4) is 0 Å². The summed E-state index contributed by atoms with van der Waals surface area (Å²) >= 11 is 1.73. The van der Waals surface area contributed by atoms with Gasteiger partial charge in [0.25, 0.3) is 0 Å². The summed E-state index contributed by atoms with van der Waals surface area (Å²) in [5, 5.41) is 6.86. The molecule has 0 aliphatic heterocycles. The number of aromatic nitrogens is 1. The van der Waals surface area contributed by atoms with Crippen molar-refractivity contribution >= 4 is 11.3 Å². The smallest absolute Gasteiger partial charge is 0.123 e. The molecule has 0 atom stereocenters. The van der Waals surface area contributed by atoms with Crippen LogP contribution in [0.5, 0.6) is 0 Å². The third-order valence-electron chi connectivity index (χ3n) is 3.90. The fourth-order valence-corrected chi connectivity index (χ4v) is 3.49. The van der Waals surface area contributed by atoms with Gasteiger partial charge in [0, 0.05) is 30.1 Å². The molecular formula is C16H19FN2S. The minimum Gasteiger partial charge on any atom is -0.314 e. The highest BCUT2D eigenvalue weighted by atomic mass is 32.1.